The topological polar surface area (TPSA) is 83.8 Å². The van der Waals surface area contributed by atoms with Gasteiger partial charge in [-0.2, -0.15) is 0 Å². The molecule has 7 rings (SSSR count). The Labute approximate surface area is 228 Å². The third-order valence-corrected chi connectivity index (χ3v) is 9.09. The van der Waals surface area contributed by atoms with Gasteiger partial charge < -0.3 is 14.9 Å². The molecule has 39 heavy (non-hydrogen) atoms. The minimum absolute atomic E-state index is 0.111. The molecule has 3 aromatic rings. The second-order valence-corrected chi connectivity index (χ2v) is 12.4. The molecule has 5 unspecified atom stereocenters. The van der Waals surface area contributed by atoms with Crippen LogP contribution in [0.4, 0.5) is 0 Å². The van der Waals surface area contributed by atoms with E-state index in [0.717, 1.165) is 23.7 Å². The maximum absolute atomic E-state index is 11.3. The smallest absolute Gasteiger partial charge is 0.335 e. The maximum Gasteiger partial charge on any atom is 0.335 e. The van der Waals surface area contributed by atoms with Gasteiger partial charge in [0.25, 0.3) is 0 Å². The lowest BCUT2D eigenvalue weighted by Gasteiger charge is -2.64. The molecule has 0 saturated heterocycles. The normalized spacial score (nSPS) is 28.4. The fourth-order valence-corrected chi connectivity index (χ4v) is 8.33. The van der Waals surface area contributed by atoms with Crippen LogP contribution in [0.15, 0.2) is 66.7 Å². The molecule has 4 bridgehead atoms. The summed E-state index contributed by atoms with van der Waals surface area (Å²) >= 11 is 0. The summed E-state index contributed by atoms with van der Waals surface area (Å²) in [6.07, 6.45) is 6.88. The average Bonchev–Trinajstić information content (AvgIpc) is 2.87. The molecule has 4 fully saturated rings. The minimum Gasteiger partial charge on any atom is -0.478 e. The molecule has 198 valence electrons. The Balaban J connectivity index is 1.14. The van der Waals surface area contributed by atoms with Crippen molar-refractivity contribution >= 4 is 11.9 Å². The second kappa shape index (κ2) is 9.31. The lowest BCUT2D eigenvalue weighted by Crippen LogP contribution is -2.53. The highest BCUT2D eigenvalue weighted by molar-refractivity contribution is 5.94. The molecule has 0 heterocycles. The number of carboxylic acid groups (broad SMARTS) is 2. The van der Waals surface area contributed by atoms with Crippen molar-refractivity contribution in [3.63, 3.8) is 0 Å². The number of hydrogen-bond donors (Lipinski definition) is 2. The first kappa shape index (κ1) is 25.2. The first-order valence-corrected chi connectivity index (χ1v) is 13.6. The van der Waals surface area contributed by atoms with Gasteiger partial charge in [0, 0.05) is 11.1 Å². The number of benzene rings is 3. The zero-order valence-corrected chi connectivity index (χ0v) is 22.2. The number of aromatic carboxylic acids is 2. The van der Waals surface area contributed by atoms with E-state index in [4.69, 9.17) is 4.74 Å². The van der Waals surface area contributed by atoms with E-state index in [2.05, 4.69) is 50.0 Å². The van der Waals surface area contributed by atoms with Crippen LogP contribution in [-0.4, -0.2) is 22.2 Å². The Morgan fingerprint density at radius 1 is 0.795 bits per heavy atom. The predicted molar refractivity (Wildman–Crippen MR) is 148 cm³/mol. The van der Waals surface area contributed by atoms with Gasteiger partial charge >= 0.3 is 11.9 Å². The highest BCUT2D eigenvalue weighted by atomic mass is 16.5. The Morgan fingerprint density at radius 3 is 1.95 bits per heavy atom. The van der Waals surface area contributed by atoms with Crippen molar-refractivity contribution in [2.45, 2.75) is 51.9 Å². The van der Waals surface area contributed by atoms with Crippen LogP contribution < -0.4 is 4.74 Å². The van der Waals surface area contributed by atoms with E-state index in [1.54, 1.807) is 0 Å². The van der Waals surface area contributed by atoms with Gasteiger partial charge in [-0.05, 0) is 121 Å². The third kappa shape index (κ3) is 4.92. The van der Waals surface area contributed by atoms with Gasteiger partial charge in [-0.15, -0.1) is 0 Å². The van der Waals surface area contributed by atoms with Crippen molar-refractivity contribution in [3.05, 3.63) is 94.5 Å². The molecule has 4 saturated carbocycles. The average molecular weight is 521 g/mol. The van der Waals surface area contributed by atoms with Crippen LogP contribution in [0.2, 0.25) is 0 Å². The molecule has 0 aliphatic heterocycles. The molecule has 0 amide bonds. The molecule has 2 N–H and O–H groups in total. The molecule has 0 aromatic heterocycles. The van der Waals surface area contributed by atoms with E-state index in [1.165, 1.54) is 49.8 Å². The summed E-state index contributed by atoms with van der Waals surface area (Å²) in [6, 6.07) is 19.9. The molecule has 5 atom stereocenters. The number of carboxylic acids is 2. The van der Waals surface area contributed by atoms with Crippen LogP contribution >= 0.6 is 0 Å². The lowest BCUT2D eigenvalue weighted by atomic mass is 9.40. The monoisotopic (exact) mass is 520 g/mol. The van der Waals surface area contributed by atoms with Gasteiger partial charge in [0.2, 0.25) is 0 Å². The Kier molecular flexibility index (Phi) is 6.03. The van der Waals surface area contributed by atoms with Gasteiger partial charge in [0.1, 0.15) is 11.5 Å². The van der Waals surface area contributed by atoms with Gasteiger partial charge in [-0.1, -0.05) is 37.8 Å². The van der Waals surface area contributed by atoms with Gasteiger partial charge in [-0.3, -0.25) is 0 Å². The zero-order valence-electron chi connectivity index (χ0n) is 22.2. The molecule has 0 radical (unpaired) electrons. The van der Waals surface area contributed by atoms with E-state index in [0.29, 0.717) is 33.6 Å². The van der Waals surface area contributed by atoms with Crippen LogP contribution in [0, 0.1) is 34.5 Å². The first-order valence-electron chi connectivity index (χ1n) is 13.6. The van der Waals surface area contributed by atoms with Crippen molar-refractivity contribution in [2.24, 2.45) is 22.7 Å². The largest absolute Gasteiger partial charge is 0.478 e. The Morgan fingerprint density at radius 2 is 1.38 bits per heavy atom. The second-order valence-electron chi connectivity index (χ2n) is 12.4. The van der Waals surface area contributed by atoms with Crippen molar-refractivity contribution in [1.82, 2.24) is 0 Å². The molecular weight excluding hydrogens is 488 g/mol. The van der Waals surface area contributed by atoms with Crippen LogP contribution in [0.25, 0.3) is 0 Å². The quantitative estimate of drug-likeness (QED) is 0.339. The molecule has 5 nitrogen and oxygen atoms in total. The third-order valence-electron chi connectivity index (χ3n) is 9.09. The van der Waals surface area contributed by atoms with Crippen molar-refractivity contribution in [2.75, 3.05) is 0 Å². The minimum atomic E-state index is -1.20. The Hall–Kier alpha value is -4.04. The maximum atomic E-state index is 11.3. The zero-order chi connectivity index (χ0) is 27.4. The summed E-state index contributed by atoms with van der Waals surface area (Å²) < 4.78 is 6.10. The van der Waals surface area contributed by atoms with Crippen LogP contribution in [0.3, 0.4) is 0 Å². The summed E-state index contributed by atoms with van der Waals surface area (Å²) in [6.45, 7) is 5.04. The van der Waals surface area contributed by atoms with Crippen molar-refractivity contribution < 1.29 is 24.5 Å². The fraction of sp³-hybridized carbons (Fsp3) is 0.353. The molecular formula is C34H32O5. The molecule has 4 aliphatic rings. The summed E-state index contributed by atoms with van der Waals surface area (Å²) in [5.74, 6) is 7.28. The van der Waals surface area contributed by atoms with Crippen LogP contribution in [0.5, 0.6) is 11.5 Å². The number of hydrogen-bond acceptors (Lipinski definition) is 3. The van der Waals surface area contributed by atoms with Crippen LogP contribution in [-0.2, 0) is 0 Å². The summed E-state index contributed by atoms with van der Waals surface area (Å²) in [4.78, 5) is 22.6. The van der Waals surface area contributed by atoms with Gasteiger partial charge in [0.05, 0.1) is 11.1 Å². The van der Waals surface area contributed by atoms with Crippen molar-refractivity contribution in [3.8, 4) is 23.3 Å². The highest BCUT2D eigenvalue weighted by Gasteiger charge is 2.58. The summed E-state index contributed by atoms with van der Waals surface area (Å²) in [5, 5.41) is 18.5. The SMILES string of the molecule is CC12CC3CC(C1)C(c1ccc(Oc4ccc(C#Cc5cc(C(=O)O)cc(C(=O)O)c5)cc4)cc1)C(C)(C3)C2. The highest BCUT2D eigenvalue weighted by Crippen LogP contribution is 2.69. The predicted octanol–water partition coefficient (Wildman–Crippen LogP) is 7.60. The lowest BCUT2D eigenvalue weighted by molar-refractivity contribution is -0.111. The fourth-order valence-electron chi connectivity index (χ4n) is 8.33. The molecule has 5 heteroatoms. The summed E-state index contributed by atoms with van der Waals surface area (Å²) in [5.41, 5.74) is 3.21. The number of carbonyl (C=O) groups is 2. The van der Waals surface area contributed by atoms with Crippen molar-refractivity contribution in [1.29, 1.82) is 0 Å². The Bertz CT molecular complexity index is 1480. The number of rotatable bonds is 5. The van der Waals surface area contributed by atoms with E-state index < -0.39 is 11.9 Å². The standard InChI is InChI=1S/C34H32O5/c1-33-17-23-15-27(19-33)30(34(2,18-23)20-33)24-7-11-29(12-8-24)39-28-9-5-21(6-10-28)3-4-22-13-25(31(35)36)16-26(14-22)32(37)38/h5-14,16,23,27,30H,15,17-20H2,1-2H3,(H,35,36)(H,37,38). The van der Waals surface area contributed by atoms with Gasteiger partial charge in [-0.25, -0.2) is 9.59 Å². The molecule has 3 aromatic carbocycles. The van der Waals surface area contributed by atoms with Crippen LogP contribution in [0.1, 0.15) is 89.3 Å². The molecule has 4 aliphatic carbocycles. The summed E-state index contributed by atoms with van der Waals surface area (Å²) in [7, 11) is 0. The number of ether oxygens (including phenoxy) is 1. The van der Waals surface area contributed by atoms with E-state index >= 15 is 0 Å². The first-order chi connectivity index (χ1) is 18.6. The van der Waals surface area contributed by atoms with E-state index in [9.17, 15) is 19.8 Å². The van der Waals surface area contributed by atoms with E-state index in [1.807, 2.05) is 24.3 Å². The van der Waals surface area contributed by atoms with Gasteiger partial charge in [0.15, 0.2) is 0 Å². The molecule has 0 spiro atoms. The van der Waals surface area contributed by atoms with E-state index in [-0.39, 0.29) is 11.1 Å².